The van der Waals surface area contributed by atoms with Gasteiger partial charge in [0, 0.05) is 17.6 Å². The molecule has 6 nitrogen and oxygen atoms in total. The summed E-state index contributed by atoms with van der Waals surface area (Å²) in [6.45, 7) is 2.37. The monoisotopic (exact) mass is 401 g/mol. The SMILES string of the molecule is CCOc1nc(Sc2ccccn2)nc(N(c2ccccc2)c2ccccc2)n1. The maximum absolute atomic E-state index is 5.62. The van der Waals surface area contributed by atoms with Crippen molar-refractivity contribution in [3.05, 3.63) is 85.1 Å². The number of para-hydroxylation sites is 2. The second-order valence-corrected chi connectivity index (χ2v) is 6.90. The van der Waals surface area contributed by atoms with Crippen molar-refractivity contribution in [2.75, 3.05) is 11.5 Å². The molecule has 0 radical (unpaired) electrons. The number of aromatic nitrogens is 4. The zero-order valence-electron chi connectivity index (χ0n) is 15.8. The average Bonchev–Trinajstić information content (AvgIpc) is 2.76. The minimum atomic E-state index is 0.285. The molecule has 7 heteroatoms. The van der Waals surface area contributed by atoms with Gasteiger partial charge in [0.15, 0.2) is 0 Å². The lowest BCUT2D eigenvalue weighted by Crippen LogP contribution is -2.15. The molecule has 0 bridgehead atoms. The number of pyridine rings is 1. The second kappa shape index (κ2) is 9.16. The highest BCUT2D eigenvalue weighted by Crippen LogP contribution is 2.34. The molecule has 2 aromatic heterocycles. The summed E-state index contributed by atoms with van der Waals surface area (Å²) in [5.41, 5.74) is 1.89. The molecular formula is C22H19N5OS. The standard InChI is InChI=1S/C22H19N5OS/c1-2-28-21-24-20(25-22(26-21)29-19-15-9-10-16-23-19)27(17-11-5-3-6-12-17)18-13-7-4-8-14-18/h3-16H,2H2,1H3. The van der Waals surface area contributed by atoms with Gasteiger partial charge in [-0.05, 0) is 55.1 Å². The van der Waals surface area contributed by atoms with E-state index in [0.29, 0.717) is 17.7 Å². The summed E-state index contributed by atoms with van der Waals surface area (Å²) in [4.78, 5) is 20.0. The molecule has 2 aromatic carbocycles. The van der Waals surface area contributed by atoms with Crippen LogP contribution < -0.4 is 9.64 Å². The Kier molecular flexibility index (Phi) is 5.97. The van der Waals surface area contributed by atoms with Crippen molar-refractivity contribution >= 4 is 29.1 Å². The van der Waals surface area contributed by atoms with Crippen LogP contribution in [-0.2, 0) is 0 Å². The first kappa shape index (κ1) is 18.9. The fraction of sp³-hybridized carbons (Fsp3) is 0.0909. The van der Waals surface area contributed by atoms with Crippen LogP contribution in [0, 0.1) is 0 Å². The van der Waals surface area contributed by atoms with E-state index in [0.717, 1.165) is 16.4 Å². The van der Waals surface area contributed by atoms with Gasteiger partial charge in [0.1, 0.15) is 5.03 Å². The van der Waals surface area contributed by atoms with Gasteiger partial charge in [0.05, 0.1) is 6.61 Å². The Morgan fingerprint density at radius 3 is 2.03 bits per heavy atom. The summed E-state index contributed by atoms with van der Waals surface area (Å²) in [6.07, 6.45) is 1.74. The quantitative estimate of drug-likeness (QED) is 0.417. The summed E-state index contributed by atoms with van der Waals surface area (Å²) >= 11 is 1.37. The molecule has 0 atom stereocenters. The van der Waals surface area contributed by atoms with Crippen LogP contribution in [-0.4, -0.2) is 26.5 Å². The number of hydrogen-bond acceptors (Lipinski definition) is 7. The van der Waals surface area contributed by atoms with Gasteiger partial charge in [-0.3, -0.25) is 4.90 Å². The number of hydrogen-bond donors (Lipinski definition) is 0. The highest BCUT2D eigenvalue weighted by atomic mass is 32.2. The lowest BCUT2D eigenvalue weighted by Gasteiger charge is -2.23. The highest BCUT2D eigenvalue weighted by molar-refractivity contribution is 7.99. The van der Waals surface area contributed by atoms with Gasteiger partial charge >= 0.3 is 6.01 Å². The van der Waals surface area contributed by atoms with Crippen molar-refractivity contribution in [2.24, 2.45) is 0 Å². The topological polar surface area (TPSA) is 64.0 Å². The van der Waals surface area contributed by atoms with Gasteiger partial charge in [0.2, 0.25) is 11.1 Å². The predicted octanol–water partition coefficient (Wildman–Crippen LogP) is 5.29. The molecule has 0 N–H and O–H groups in total. The first-order chi connectivity index (χ1) is 14.3. The van der Waals surface area contributed by atoms with Crippen LogP contribution in [0.25, 0.3) is 0 Å². The van der Waals surface area contributed by atoms with Gasteiger partial charge in [-0.1, -0.05) is 42.5 Å². The molecule has 0 fully saturated rings. The van der Waals surface area contributed by atoms with Gasteiger partial charge in [-0.2, -0.15) is 15.0 Å². The van der Waals surface area contributed by atoms with E-state index in [2.05, 4.69) is 15.0 Å². The van der Waals surface area contributed by atoms with E-state index < -0.39 is 0 Å². The van der Waals surface area contributed by atoms with Gasteiger partial charge in [-0.15, -0.1) is 0 Å². The Bertz CT molecular complexity index is 1010. The van der Waals surface area contributed by atoms with E-state index in [1.54, 1.807) is 6.20 Å². The minimum Gasteiger partial charge on any atom is -0.464 e. The Morgan fingerprint density at radius 2 is 1.45 bits per heavy atom. The average molecular weight is 401 g/mol. The van der Waals surface area contributed by atoms with Gasteiger partial charge in [-0.25, -0.2) is 4.98 Å². The van der Waals surface area contributed by atoms with Crippen molar-refractivity contribution in [2.45, 2.75) is 17.1 Å². The summed E-state index contributed by atoms with van der Waals surface area (Å²) in [6, 6.07) is 26.0. The predicted molar refractivity (Wildman–Crippen MR) is 114 cm³/mol. The number of anilines is 3. The van der Waals surface area contributed by atoms with E-state index in [-0.39, 0.29) is 6.01 Å². The Balaban J connectivity index is 1.81. The zero-order valence-corrected chi connectivity index (χ0v) is 16.7. The van der Waals surface area contributed by atoms with Crippen LogP contribution in [0.5, 0.6) is 6.01 Å². The van der Waals surface area contributed by atoms with Crippen molar-refractivity contribution in [1.82, 2.24) is 19.9 Å². The maximum Gasteiger partial charge on any atom is 0.322 e. The van der Waals surface area contributed by atoms with E-state index >= 15 is 0 Å². The molecule has 0 saturated heterocycles. The molecule has 2 heterocycles. The molecule has 4 aromatic rings. The number of ether oxygens (including phenoxy) is 1. The van der Waals surface area contributed by atoms with Crippen LogP contribution in [0.4, 0.5) is 17.3 Å². The second-order valence-electron chi connectivity index (χ2n) is 5.91. The minimum absolute atomic E-state index is 0.285. The van der Waals surface area contributed by atoms with E-state index in [1.807, 2.05) is 90.7 Å². The molecule has 144 valence electrons. The van der Waals surface area contributed by atoms with Crippen molar-refractivity contribution in [1.29, 1.82) is 0 Å². The van der Waals surface area contributed by atoms with Crippen LogP contribution in [0.2, 0.25) is 0 Å². The Hall–Kier alpha value is -3.45. The normalized spacial score (nSPS) is 10.5. The fourth-order valence-corrected chi connectivity index (χ4v) is 3.40. The number of rotatable bonds is 7. The van der Waals surface area contributed by atoms with Gasteiger partial charge < -0.3 is 4.74 Å². The largest absolute Gasteiger partial charge is 0.464 e. The molecule has 0 amide bonds. The third kappa shape index (κ3) is 4.70. The van der Waals surface area contributed by atoms with Crippen LogP contribution >= 0.6 is 11.8 Å². The van der Waals surface area contributed by atoms with Crippen molar-refractivity contribution in [3.8, 4) is 6.01 Å². The number of benzene rings is 2. The van der Waals surface area contributed by atoms with E-state index in [4.69, 9.17) is 9.72 Å². The third-order valence-electron chi connectivity index (χ3n) is 3.92. The summed E-state index contributed by atoms with van der Waals surface area (Å²) in [5, 5.41) is 1.33. The molecule has 0 aliphatic rings. The van der Waals surface area contributed by atoms with E-state index in [1.165, 1.54) is 11.8 Å². The lowest BCUT2D eigenvalue weighted by atomic mass is 10.2. The van der Waals surface area contributed by atoms with Crippen molar-refractivity contribution < 1.29 is 4.74 Å². The molecule has 0 unspecified atom stereocenters. The first-order valence-corrected chi connectivity index (χ1v) is 10.0. The summed E-state index contributed by atoms with van der Waals surface area (Å²) in [7, 11) is 0. The van der Waals surface area contributed by atoms with Crippen molar-refractivity contribution in [3.63, 3.8) is 0 Å². The lowest BCUT2D eigenvalue weighted by molar-refractivity contribution is 0.308. The van der Waals surface area contributed by atoms with Crippen LogP contribution in [0.15, 0.2) is 95.2 Å². The number of nitrogens with zero attached hydrogens (tertiary/aromatic N) is 5. The molecule has 0 spiro atoms. The van der Waals surface area contributed by atoms with Crippen LogP contribution in [0.1, 0.15) is 6.92 Å². The smallest absolute Gasteiger partial charge is 0.322 e. The molecule has 0 aliphatic heterocycles. The fourth-order valence-electron chi connectivity index (χ4n) is 2.70. The highest BCUT2D eigenvalue weighted by Gasteiger charge is 2.18. The maximum atomic E-state index is 5.62. The summed E-state index contributed by atoms with van der Waals surface area (Å²) in [5.74, 6) is 0.485. The molecule has 0 saturated carbocycles. The Labute approximate surface area is 173 Å². The summed E-state index contributed by atoms with van der Waals surface area (Å²) < 4.78 is 5.62. The first-order valence-electron chi connectivity index (χ1n) is 9.21. The Morgan fingerprint density at radius 1 is 0.793 bits per heavy atom. The van der Waals surface area contributed by atoms with Gasteiger partial charge in [0.25, 0.3) is 0 Å². The molecular weight excluding hydrogens is 382 g/mol. The van der Waals surface area contributed by atoms with E-state index in [9.17, 15) is 0 Å². The van der Waals surface area contributed by atoms with Crippen LogP contribution in [0.3, 0.4) is 0 Å². The molecule has 0 aliphatic carbocycles. The third-order valence-corrected chi connectivity index (χ3v) is 4.73. The molecule has 4 rings (SSSR count). The zero-order chi connectivity index (χ0) is 19.9. The molecule has 29 heavy (non-hydrogen) atoms.